The van der Waals surface area contributed by atoms with Crippen molar-refractivity contribution in [3.05, 3.63) is 59.9 Å². The summed E-state index contributed by atoms with van der Waals surface area (Å²) in [7, 11) is 0. The van der Waals surface area contributed by atoms with Gasteiger partial charge in [0.15, 0.2) is 0 Å². The zero-order chi connectivity index (χ0) is 13.7. The molecule has 2 aromatic rings. The molecule has 2 aromatic carbocycles. The first-order chi connectivity index (χ1) is 9.13. The Morgan fingerprint density at radius 3 is 2.58 bits per heavy atom. The lowest BCUT2D eigenvalue weighted by molar-refractivity contribution is 0.259. The molecule has 0 aliphatic rings. The van der Waals surface area contributed by atoms with Crippen LogP contribution in [0.1, 0.15) is 5.56 Å². The summed E-state index contributed by atoms with van der Waals surface area (Å²) in [6.07, 6.45) is 0. The van der Waals surface area contributed by atoms with Crippen LogP contribution in [-0.2, 0) is 6.54 Å². The van der Waals surface area contributed by atoms with Crippen molar-refractivity contribution in [1.29, 1.82) is 0 Å². The van der Waals surface area contributed by atoms with Crippen LogP contribution in [0.2, 0.25) is 0 Å². The smallest absolute Gasteiger partial charge is 0.316 e. The molecule has 0 bridgehead atoms. The van der Waals surface area contributed by atoms with E-state index in [1.807, 2.05) is 12.1 Å². The highest BCUT2D eigenvalue weighted by molar-refractivity contribution is 5.88. The van der Waals surface area contributed by atoms with Crippen LogP contribution >= 0.6 is 0 Å². The van der Waals surface area contributed by atoms with Crippen LogP contribution in [0.15, 0.2) is 48.5 Å². The zero-order valence-electron chi connectivity index (χ0n) is 10.2. The van der Waals surface area contributed by atoms with Gasteiger partial charge in [-0.2, -0.15) is 0 Å². The van der Waals surface area contributed by atoms with Gasteiger partial charge in [-0.3, -0.25) is 0 Å². The second-order valence-electron chi connectivity index (χ2n) is 4.05. The summed E-state index contributed by atoms with van der Waals surface area (Å²) in [6, 6.07) is 12.9. The van der Waals surface area contributed by atoms with Gasteiger partial charge in [0.2, 0.25) is 0 Å². The number of urea groups is 1. The fraction of sp³-hybridized carbons (Fsp3) is 0.0714. The van der Waals surface area contributed by atoms with Crippen molar-refractivity contribution in [3.8, 4) is 0 Å². The first kappa shape index (κ1) is 12.9. The van der Waals surface area contributed by atoms with Crippen molar-refractivity contribution in [2.45, 2.75) is 6.54 Å². The largest absolute Gasteiger partial charge is 0.381 e. The quantitative estimate of drug-likeness (QED) is 0.790. The normalized spacial score (nSPS) is 9.95. The van der Waals surface area contributed by atoms with Gasteiger partial charge in [0.1, 0.15) is 5.82 Å². The highest BCUT2D eigenvalue weighted by atomic mass is 19.1. The summed E-state index contributed by atoms with van der Waals surface area (Å²) in [5.74, 6) is -0.261. The molecule has 98 valence electrons. The van der Waals surface area contributed by atoms with E-state index in [2.05, 4.69) is 10.6 Å². The van der Waals surface area contributed by atoms with E-state index in [1.54, 1.807) is 24.3 Å². The molecule has 0 unspecified atom stereocenters. The van der Waals surface area contributed by atoms with E-state index in [0.29, 0.717) is 12.2 Å². The Morgan fingerprint density at radius 2 is 1.84 bits per heavy atom. The number of rotatable bonds is 4. The number of carbonyl (C=O) groups excluding carboxylic acids is 1. The van der Waals surface area contributed by atoms with Crippen LogP contribution in [0.3, 0.4) is 0 Å². The summed E-state index contributed by atoms with van der Waals surface area (Å²) in [6.45, 7) is 0.498. The third kappa shape index (κ3) is 3.99. The molecule has 2 rings (SSSR count). The molecule has 2 amide bonds. The monoisotopic (exact) mass is 259 g/mol. The van der Waals surface area contributed by atoms with E-state index in [4.69, 9.17) is 5.73 Å². The molecule has 0 radical (unpaired) electrons. The Kier molecular flexibility index (Phi) is 3.97. The zero-order valence-corrected chi connectivity index (χ0v) is 10.2. The average molecular weight is 259 g/mol. The van der Waals surface area contributed by atoms with Gasteiger partial charge < -0.3 is 16.4 Å². The summed E-state index contributed by atoms with van der Waals surface area (Å²) in [5, 5.41) is 5.63. The lowest BCUT2D eigenvalue weighted by atomic mass is 10.2. The Morgan fingerprint density at radius 1 is 1.11 bits per heavy atom. The summed E-state index contributed by atoms with van der Waals surface area (Å²) < 4.78 is 13.0. The van der Waals surface area contributed by atoms with Gasteiger partial charge in [-0.25, -0.2) is 9.18 Å². The summed E-state index contributed by atoms with van der Waals surface area (Å²) in [5.41, 5.74) is 7.31. The third-order valence-electron chi connectivity index (χ3n) is 2.52. The number of nitrogens with two attached hydrogens (primary N) is 1. The molecule has 0 heterocycles. The molecule has 0 fully saturated rings. The molecule has 0 atom stereocenters. The van der Waals surface area contributed by atoms with Crippen LogP contribution in [0.5, 0.6) is 0 Å². The second-order valence-corrected chi connectivity index (χ2v) is 4.05. The predicted molar refractivity (Wildman–Crippen MR) is 73.4 cm³/mol. The minimum absolute atomic E-state index is 0.261. The standard InChI is InChI=1S/C14H14FN3O/c15-11-4-1-3-10(7-11)9-17-12-5-2-6-13(8-12)18-14(16)19/h1-8,17H,9H2,(H3,16,18,19). The molecule has 19 heavy (non-hydrogen) atoms. The number of halogens is 1. The van der Waals surface area contributed by atoms with E-state index in [1.165, 1.54) is 12.1 Å². The molecular weight excluding hydrogens is 245 g/mol. The van der Waals surface area contributed by atoms with E-state index >= 15 is 0 Å². The lowest BCUT2D eigenvalue weighted by Crippen LogP contribution is -2.19. The maximum absolute atomic E-state index is 13.0. The van der Waals surface area contributed by atoms with Crippen LogP contribution < -0.4 is 16.4 Å². The van der Waals surface area contributed by atoms with E-state index in [-0.39, 0.29) is 5.82 Å². The summed E-state index contributed by atoms with van der Waals surface area (Å²) >= 11 is 0. The number of carbonyl (C=O) groups is 1. The summed E-state index contributed by atoms with van der Waals surface area (Å²) in [4.78, 5) is 10.7. The number of anilines is 2. The Bertz CT molecular complexity index is 586. The predicted octanol–water partition coefficient (Wildman–Crippen LogP) is 2.93. The van der Waals surface area contributed by atoms with Gasteiger partial charge in [-0.05, 0) is 35.9 Å². The number of benzene rings is 2. The minimum atomic E-state index is -0.609. The third-order valence-corrected chi connectivity index (χ3v) is 2.52. The molecule has 0 aliphatic heterocycles. The van der Waals surface area contributed by atoms with Crippen molar-refractivity contribution in [2.24, 2.45) is 5.73 Å². The molecule has 0 saturated heterocycles. The van der Waals surface area contributed by atoms with Gasteiger partial charge in [0.05, 0.1) is 0 Å². The topological polar surface area (TPSA) is 67.2 Å². The van der Waals surface area contributed by atoms with Gasteiger partial charge in [0, 0.05) is 17.9 Å². The van der Waals surface area contributed by atoms with Crippen LogP contribution in [-0.4, -0.2) is 6.03 Å². The Hall–Kier alpha value is -2.56. The highest BCUT2D eigenvalue weighted by Gasteiger charge is 1.99. The fourth-order valence-corrected chi connectivity index (χ4v) is 1.70. The SMILES string of the molecule is NC(=O)Nc1cccc(NCc2cccc(F)c2)c1. The number of nitrogens with one attached hydrogen (secondary N) is 2. The van der Waals surface area contributed by atoms with Crippen molar-refractivity contribution in [1.82, 2.24) is 0 Å². The van der Waals surface area contributed by atoms with Gasteiger partial charge in [0.25, 0.3) is 0 Å². The number of primary amides is 1. The molecule has 0 aromatic heterocycles. The number of hydrogen-bond acceptors (Lipinski definition) is 2. The molecule has 0 saturated carbocycles. The first-order valence-corrected chi connectivity index (χ1v) is 5.78. The number of amides is 2. The highest BCUT2D eigenvalue weighted by Crippen LogP contribution is 2.16. The van der Waals surface area contributed by atoms with Crippen molar-refractivity contribution >= 4 is 17.4 Å². The van der Waals surface area contributed by atoms with Crippen molar-refractivity contribution < 1.29 is 9.18 Å². The molecule has 0 spiro atoms. The average Bonchev–Trinajstić information content (AvgIpc) is 2.36. The van der Waals surface area contributed by atoms with Gasteiger partial charge in [-0.15, -0.1) is 0 Å². The van der Waals surface area contributed by atoms with Gasteiger partial charge in [-0.1, -0.05) is 18.2 Å². The van der Waals surface area contributed by atoms with Crippen LogP contribution in [0.25, 0.3) is 0 Å². The van der Waals surface area contributed by atoms with Gasteiger partial charge >= 0.3 is 6.03 Å². The van der Waals surface area contributed by atoms with E-state index < -0.39 is 6.03 Å². The van der Waals surface area contributed by atoms with E-state index in [9.17, 15) is 9.18 Å². The molecule has 4 N–H and O–H groups in total. The Balaban J connectivity index is 2.01. The van der Waals surface area contributed by atoms with Crippen LogP contribution in [0, 0.1) is 5.82 Å². The lowest BCUT2D eigenvalue weighted by Gasteiger charge is -2.08. The number of hydrogen-bond donors (Lipinski definition) is 3. The molecular formula is C14H14FN3O. The molecule has 5 heteroatoms. The minimum Gasteiger partial charge on any atom is -0.381 e. The fourth-order valence-electron chi connectivity index (χ4n) is 1.70. The van der Waals surface area contributed by atoms with Crippen LogP contribution in [0.4, 0.5) is 20.6 Å². The second kappa shape index (κ2) is 5.86. The van der Waals surface area contributed by atoms with Crippen molar-refractivity contribution in [2.75, 3.05) is 10.6 Å². The molecule has 4 nitrogen and oxygen atoms in total. The Labute approximate surface area is 110 Å². The molecule has 0 aliphatic carbocycles. The first-order valence-electron chi connectivity index (χ1n) is 5.78. The maximum atomic E-state index is 13.0. The maximum Gasteiger partial charge on any atom is 0.316 e. The van der Waals surface area contributed by atoms with Crippen molar-refractivity contribution in [3.63, 3.8) is 0 Å². The van der Waals surface area contributed by atoms with E-state index in [0.717, 1.165) is 11.3 Å².